The van der Waals surface area contributed by atoms with Crippen molar-refractivity contribution in [1.82, 2.24) is 15.5 Å². The number of hydrogen-bond acceptors (Lipinski definition) is 4. The summed E-state index contributed by atoms with van der Waals surface area (Å²) < 4.78 is 4.90. The minimum absolute atomic E-state index is 0.215. The van der Waals surface area contributed by atoms with Gasteiger partial charge >= 0.3 is 12.0 Å². The molecule has 1 aliphatic rings. The van der Waals surface area contributed by atoms with Crippen molar-refractivity contribution in [3.63, 3.8) is 0 Å². The average molecular weight is 273 g/mol. The second-order valence-electron chi connectivity index (χ2n) is 4.40. The van der Waals surface area contributed by atoms with Crippen molar-refractivity contribution in [3.05, 3.63) is 0 Å². The number of rotatable bonds is 5. The molecule has 1 heterocycles. The zero-order valence-corrected chi connectivity index (χ0v) is 11.0. The van der Waals surface area contributed by atoms with Crippen LogP contribution in [-0.4, -0.2) is 66.8 Å². The second-order valence-corrected chi connectivity index (χ2v) is 4.40. The number of carbonyl (C=O) groups is 3. The molecule has 8 heteroatoms. The first-order chi connectivity index (χ1) is 8.95. The fourth-order valence-corrected chi connectivity index (χ4v) is 1.91. The molecule has 3 N–H and O–H groups in total. The molecule has 0 bridgehead atoms. The molecule has 0 aromatic heterocycles. The summed E-state index contributed by atoms with van der Waals surface area (Å²) in [5.41, 5.74) is 0. The molecule has 0 saturated carbocycles. The molecule has 1 rings (SSSR count). The predicted octanol–water partition coefficient (Wildman–Crippen LogP) is -0.994. The molecule has 1 aliphatic heterocycles. The summed E-state index contributed by atoms with van der Waals surface area (Å²) in [5, 5.41) is 14.0. The summed E-state index contributed by atoms with van der Waals surface area (Å²) in [6, 6.07) is -1.64. The fourth-order valence-electron chi connectivity index (χ4n) is 1.91. The molecule has 0 aromatic carbocycles. The van der Waals surface area contributed by atoms with E-state index in [1.807, 2.05) is 0 Å². The van der Waals surface area contributed by atoms with E-state index in [2.05, 4.69) is 10.6 Å². The first-order valence-electron chi connectivity index (χ1n) is 6.01. The lowest BCUT2D eigenvalue weighted by Gasteiger charge is -2.34. The van der Waals surface area contributed by atoms with Gasteiger partial charge in [0.15, 0.2) is 0 Å². The van der Waals surface area contributed by atoms with Crippen molar-refractivity contribution in [3.8, 4) is 0 Å². The number of urea groups is 1. The molecular formula is C11H19N3O5. The van der Waals surface area contributed by atoms with E-state index < -0.39 is 30.4 Å². The van der Waals surface area contributed by atoms with Gasteiger partial charge in [0.25, 0.3) is 0 Å². The summed E-state index contributed by atoms with van der Waals surface area (Å²) in [5.74, 6) is -1.56. The van der Waals surface area contributed by atoms with Gasteiger partial charge in [-0.3, -0.25) is 9.59 Å². The van der Waals surface area contributed by atoms with Gasteiger partial charge in [0.05, 0.1) is 19.1 Å². The van der Waals surface area contributed by atoms with Gasteiger partial charge in [-0.15, -0.1) is 0 Å². The quantitative estimate of drug-likeness (QED) is 0.596. The third-order valence-corrected chi connectivity index (χ3v) is 2.75. The number of amides is 3. The van der Waals surface area contributed by atoms with E-state index in [0.29, 0.717) is 13.2 Å². The maximum atomic E-state index is 12.0. The molecule has 19 heavy (non-hydrogen) atoms. The maximum absolute atomic E-state index is 12.0. The number of aliphatic carboxylic acids is 1. The van der Waals surface area contributed by atoms with E-state index in [4.69, 9.17) is 9.84 Å². The van der Waals surface area contributed by atoms with Crippen LogP contribution in [0.2, 0.25) is 0 Å². The SMILES string of the molecule is COCC(C)NC(=O)N1CCNC(=O)C1CC(=O)O. The number of nitrogens with one attached hydrogen (secondary N) is 2. The Morgan fingerprint density at radius 1 is 1.63 bits per heavy atom. The summed E-state index contributed by atoms with van der Waals surface area (Å²) >= 11 is 0. The normalized spacial score (nSPS) is 20.6. The van der Waals surface area contributed by atoms with Crippen molar-refractivity contribution in [2.75, 3.05) is 26.8 Å². The summed E-state index contributed by atoms with van der Waals surface area (Å²) in [7, 11) is 1.52. The van der Waals surface area contributed by atoms with Gasteiger partial charge in [-0.25, -0.2) is 4.79 Å². The van der Waals surface area contributed by atoms with Crippen LogP contribution in [0.5, 0.6) is 0 Å². The zero-order chi connectivity index (χ0) is 14.4. The van der Waals surface area contributed by atoms with Crippen LogP contribution in [0.4, 0.5) is 4.79 Å². The van der Waals surface area contributed by atoms with E-state index >= 15 is 0 Å². The van der Waals surface area contributed by atoms with Crippen LogP contribution >= 0.6 is 0 Å². The first kappa shape index (κ1) is 15.2. The molecule has 1 saturated heterocycles. The molecule has 0 spiro atoms. The highest BCUT2D eigenvalue weighted by molar-refractivity contribution is 5.91. The number of nitrogens with zero attached hydrogens (tertiary/aromatic N) is 1. The highest BCUT2D eigenvalue weighted by Crippen LogP contribution is 2.09. The van der Waals surface area contributed by atoms with Crippen LogP contribution in [0.15, 0.2) is 0 Å². The maximum Gasteiger partial charge on any atom is 0.318 e. The Balaban J connectivity index is 2.68. The van der Waals surface area contributed by atoms with Crippen LogP contribution in [0, 0.1) is 0 Å². The molecule has 0 aromatic rings. The number of carbonyl (C=O) groups excluding carboxylic acids is 2. The van der Waals surface area contributed by atoms with Crippen LogP contribution in [0.3, 0.4) is 0 Å². The van der Waals surface area contributed by atoms with E-state index in [1.165, 1.54) is 12.0 Å². The molecule has 0 aliphatic carbocycles. The molecule has 3 amide bonds. The van der Waals surface area contributed by atoms with E-state index in [1.54, 1.807) is 6.92 Å². The van der Waals surface area contributed by atoms with Gasteiger partial charge < -0.3 is 25.4 Å². The Kier molecular flexibility index (Phi) is 5.56. The highest BCUT2D eigenvalue weighted by Gasteiger charge is 2.34. The molecule has 2 unspecified atom stereocenters. The van der Waals surface area contributed by atoms with Crippen molar-refractivity contribution in [2.45, 2.75) is 25.4 Å². The number of carboxylic acid groups (broad SMARTS) is 1. The third-order valence-electron chi connectivity index (χ3n) is 2.75. The Morgan fingerprint density at radius 2 is 2.32 bits per heavy atom. The van der Waals surface area contributed by atoms with Crippen molar-refractivity contribution >= 4 is 17.9 Å². The standard InChI is InChI=1S/C11H19N3O5/c1-7(6-19-2)13-11(18)14-4-3-12-10(17)8(14)5-9(15)16/h7-8H,3-6H2,1-2H3,(H,12,17)(H,13,18)(H,15,16). The summed E-state index contributed by atoms with van der Waals surface area (Å²) in [4.78, 5) is 35.6. The lowest BCUT2D eigenvalue weighted by Crippen LogP contribution is -2.60. The topological polar surface area (TPSA) is 108 Å². The molecule has 2 atom stereocenters. The minimum Gasteiger partial charge on any atom is -0.481 e. The molecular weight excluding hydrogens is 254 g/mol. The molecule has 1 fully saturated rings. The average Bonchev–Trinajstić information content (AvgIpc) is 2.31. The van der Waals surface area contributed by atoms with Crippen molar-refractivity contribution < 1.29 is 24.2 Å². The summed E-state index contributed by atoms with van der Waals surface area (Å²) in [6.45, 7) is 2.71. The number of ether oxygens (including phenoxy) is 1. The Morgan fingerprint density at radius 3 is 2.89 bits per heavy atom. The largest absolute Gasteiger partial charge is 0.481 e. The molecule has 8 nitrogen and oxygen atoms in total. The Bertz CT molecular complexity index is 360. The lowest BCUT2D eigenvalue weighted by atomic mass is 10.1. The van der Waals surface area contributed by atoms with Crippen LogP contribution in [0.25, 0.3) is 0 Å². The summed E-state index contributed by atoms with van der Waals surface area (Å²) in [6.07, 6.45) is -0.405. The third kappa shape index (κ3) is 4.40. The minimum atomic E-state index is -1.12. The number of piperazine rings is 1. The molecule has 108 valence electrons. The van der Waals surface area contributed by atoms with E-state index in [9.17, 15) is 14.4 Å². The van der Waals surface area contributed by atoms with Crippen molar-refractivity contribution in [1.29, 1.82) is 0 Å². The van der Waals surface area contributed by atoms with Gasteiger partial charge in [0.1, 0.15) is 6.04 Å². The number of hydrogen-bond donors (Lipinski definition) is 3. The first-order valence-corrected chi connectivity index (χ1v) is 6.01. The van der Waals surface area contributed by atoms with Gasteiger partial charge in [0.2, 0.25) is 5.91 Å². The van der Waals surface area contributed by atoms with Crippen LogP contribution in [-0.2, 0) is 14.3 Å². The second kappa shape index (κ2) is 6.93. The Hall–Kier alpha value is -1.83. The number of carboxylic acids is 1. The lowest BCUT2D eigenvalue weighted by molar-refractivity contribution is -0.142. The monoisotopic (exact) mass is 273 g/mol. The van der Waals surface area contributed by atoms with E-state index in [0.717, 1.165) is 0 Å². The number of methoxy groups -OCH3 is 1. The zero-order valence-electron chi connectivity index (χ0n) is 11.0. The van der Waals surface area contributed by atoms with Crippen molar-refractivity contribution in [2.24, 2.45) is 0 Å². The van der Waals surface area contributed by atoms with Crippen LogP contribution in [0.1, 0.15) is 13.3 Å². The molecule has 0 radical (unpaired) electrons. The highest BCUT2D eigenvalue weighted by atomic mass is 16.5. The van der Waals surface area contributed by atoms with Crippen LogP contribution < -0.4 is 10.6 Å². The smallest absolute Gasteiger partial charge is 0.318 e. The van der Waals surface area contributed by atoms with Gasteiger partial charge in [-0.2, -0.15) is 0 Å². The van der Waals surface area contributed by atoms with Gasteiger partial charge in [0, 0.05) is 20.2 Å². The van der Waals surface area contributed by atoms with Gasteiger partial charge in [-0.05, 0) is 6.92 Å². The Labute approximate surface area is 111 Å². The van der Waals surface area contributed by atoms with E-state index in [-0.39, 0.29) is 12.6 Å². The van der Waals surface area contributed by atoms with Gasteiger partial charge in [-0.1, -0.05) is 0 Å². The predicted molar refractivity (Wildman–Crippen MR) is 65.6 cm³/mol. The fraction of sp³-hybridized carbons (Fsp3) is 0.727.